The molecule has 0 unspecified atom stereocenters. The third kappa shape index (κ3) is 4.29. The van der Waals surface area contributed by atoms with Crippen molar-refractivity contribution in [1.82, 2.24) is 3.48 Å². The zero-order chi connectivity index (χ0) is 4.28. The summed E-state index contributed by atoms with van der Waals surface area (Å²) in [5, 5.41) is 0. The number of carbonyl (C=O) groups excluding carboxylic acids is 1. The average molecular weight is 182 g/mol. The van der Waals surface area contributed by atoms with E-state index in [4.69, 9.17) is 0 Å². The van der Waals surface area contributed by atoms with E-state index >= 15 is 0 Å². The fraction of sp³-hybridized carbons (Fsp3) is 0.500. The van der Waals surface area contributed by atoms with Crippen molar-refractivity contribution in [3.8, 4) is 0 Å². The molecule has 0 aliphatic carbocycles. The molecule has 0 aromatic carbocycles. The minimum absolute atomic E-state index is 0.0624. The average Bonchev–Trinajstić information content (AvgIpc) is 1.38. The fourth-order valence-electron chi connectivity index (χ4n) is 0. The van der Waals surface area contributed by atoms with E-state index in [0.29, 0.717) is 0 Å². The molecule has 0 aliphatic heterocycles. The van der Waals surface area contributed by atoms with Crippen molar-refractivity contribution in [2.75, 3.05) is 0 Å². The summed E-state index contributed by atoms with van der Waals surface area (Å²) in [5.74, 6) is 0.0624. The van der Waals surface area contributed by atoms with Gasteiger partial charge in [-0.2, -0.15) is 0 Å². The second-order valence-electron chi connectivity index (χ2n) is 0.701. The molecular formula is C2H6NOSb. The van der Waals surface area contributed by atoms with Crippen molar-refractivity contribution >= 4 is 29.2 Å². The molecule has 30 valence electrons. The van der Waals surface area contributed by atoms with E-state index in [1.807, 2.05) is 0 Å². The second-order valence-corrected chi connectivity index (χ2v) is 1.52. The molecule has 0 fully saturated rings. The van der Waals surface area contributed by atoms with Gasteiger partial charge in [0.2, 0.25) is 0 Å². The predicted molar refractivity (Wildman–Crippen MR) is 22.4 cm³/mol. The summed E-state index contributed by atoms with van der Waals surface area (Å²) < 4.78 is 2.52. The summed E-state index contributed by atoms with van der Waals surface area (Å²) >= 11 is 0.827. The Morgan fingerprint density at radius 3 is 2.20 bits per heavy atom. The van der Waals surface area contributed by atoms with Crippen LogP contribution in [0.3, 0.4) is 0 Å². The summed E-state index contributed by atoms with van der Waals surface area (Å²) in [5.41, 5.74) is 0. The first-order valence-electron chi connectivity index (χ1n) is 1.24. The summed E-state index contributed by atoms with van der Waals surface area (Å²) in [6.07, 6.45) is 0. The molecule has 0 bridgehead atoms. The standard InChI is InChI=1S/C2H5NO.Sb.2H/c1-2(3)4;;;/h1H3,(H2,3,4);;;/q;+1;;/p-1. The van der Waals surface area contributed by atoms with Crippen LogP contribution in [-0.4, -0.2) is 29.2 Å². The van der Waals surface area contributed by atoms with Gasteiger partial charge in [0.15, 0.2) is 0 Å². The molecule has 0 radical (unpaired) electrons. The monoisotopic (exact) mass is 181 g/mol. The normalized spacial score (nSPS) is 6.80. The topological polar surface area (TPSA) is 29.1 Å². The van der Waals surface area contributed by atoms with Gasteiger partial charge in [-0.1, -0.05) is 0 Å². The zero-order valence-corrected chi connectivity index (χ0v) is 6.28. The maximum absolute atomic E-state index is 9.73. The fourth-order valence-corrected chi connectivity index (χ4v) is 0. The molecule has 0 spiro atoms. The van der Waals surface area contributed by atoms with E-state index in [2.05, 4.69) is 3.48 Å². The van der Waals surface area contributed by atoms with Crippen molar-refractivity contribution in [1.29, 1.82) is 0 Å². The van der Waals surface area contributed by atoms with E-state index in [1.165, 1.54) is 6.92 Å². The third-order valence-electron chi connectivity index (χ3n) is 0.203. The molecule has 1 N–H and O–H groups in total. The van der Waals surface area contributed by atoms with Gasteiger partial charge in [0.25, 0.3) is 0 Å². The van der Waals surface area contributed by atoms with E-state index < -0.39 is 0 Å². The number of carbonyl (C=O) groups is 1. The second kappa shape index (κ2) is 2.52. The number of amides is 1. The van der Waals surface area contributed by atoms with Gasteiger partial charge in [-0.25, -0.2) is 0 Å². The van der Waals surface area contributed by atoms with Crippen LogP contribution in [0.5, 0.6) is 0 Å². The Morgan fingerprint density at radius 2 is 2.20 bits per heavy atom. The van der Waals surface area contributed by atoms with Gasteiger partial charge < -0.3 is 0 Å². The quantitative estimate of drug-likeness (QED) is 0.462. The number of hydrogen-bond donors (Lipinski definition) is 1. The van der Waals surface area contributed by atoms with E-state index in [0.717, 1.165) is 23.3 Å². The summed E-state index contributed by atoms with van der Waals surface area (Å²) in [7, 11) is 0. The van der Waals surface area contributed by atoms with Gasteiger partial charge in [0, 0.05) is 0 Å². The molecule has 0 atom stereocenters. The van der Waals surface area contributed by atoms with E-state index in [1.54, 1.807) is 0 Å². The Hall–Kier alpha value is 0.288. The molecule has 0 rings (SSSR count). The van der Waals surface area contributed by atoms with Crippen LogP contribution in [0.1, 0.15) is 6.92 Å². The summed E-state index contributed by atoms with van der Waals surface area (Å²) in [6, 6.07) is 0. The molecule has 0 aromatic heterocycles. The van der Waals surface area contributed by atoms with Crippen LogP contribution in [-0.2, 0) is 4.79 Å². The number of hydrogen-bond acceptors (Lipinski definition) is 1. The SMILES string of the molecule is CC(=O)[NH][SbH2]. The minimum atomic E-state index is 0.0624. The van der Waals surface area contributed by atoms with Crippen LogP contribution in [0, 0.1) is 0 Å². The molecule has 0 saturated carbocycles. The molecule has 5 heavy (non-hydrogen) atoms. The predicted octanol–water partition coefficient (Wildman–Crippen LogP) is -1.33. The van der Waals surface area contributed by atoms with Crippen molar-refractivity contribution in [2.24, 2.45) is 0 Å². The van der Waals surface area contributed by atoms with Crippen LogP contribution in [0.25, 0.3) is 0 Å². The van der Waals surface area contributed by atoms with Crippen LogP contribution in [0.2, 0.25) is 0 Å². The number of nitrogens with one attached hydrogen (secondary N) is 1. The van der Waals surface area contributed by atoms with E-state index in [9.17, 15) is 4.79 Å². The Morgan fingerprint density at radius 1 is 2.00 bits per heavy atom. The molecule has 2 nitrogen and oxygen atoms in total. The molecule has 0 aromatic rings. The van der Waals surface area contributed by atoms with E-state index in [-0.39, 0.29) is 5.91 Å². The summed E-state index contributed by atoms with van der Waals surface area (Å²) in [6.45, 7) is 1.50. The molecule has 0 heterocycles. The maximum atomic E-state index is 9.73. The van der Waals surface area contributed by atoms with Gasteiger partial charge in [-0.05, 0) is 0 Å². The molecule has 0 aliphatic rings. The van der Waals surface area contributed by atoms with Gasteiger partial charge in [0.1, 0.15) is 0 Å². The molecule has 1 amide bonds. The van der Waals surface area contributed by atoms with Crippen LogP contribution < -0.4 is 3.48 Å². The molecular weight excluding hydrogens is 176 g/mol. The summed E-state index contributed by atoms with van der Waals surface area (Å²) in [4.78, 5) is 9.73. The zero-order valence-electron chi connectivity index (χ0n) is 2.99. The first-order valence-corrected chi connectivity index (χ1v) is 2.89. The number of rotatable bonds is 0. The third-order valence-corrected chi connectivity index (χ3v) is 1.36. The Balaban J connectivity index is 2.85. The van der Waals surface area contributed by atoms with Gasteiger partial charge in [0.05, 0.1) is 0 Å². The van der Waals surface area contributed by atoms with Crippen molar-refractivity contribution in [3.63, 3.8) is 0 Å². The Labute approximate surface area is 44.8 Å². The molecule has 3 heteroatoms. The molecule has 0 saturated heterocycles. The van der Waals surface area contributed by atoms with Gasteiger partial charge in [-0.15, -0.1) is 0 Å². The van der Waals surface area contributed by atoms with Crippen molar-refractivity contribution in [3.05, 3.63) is 0 Å². The first kappa shape index (κ1) is 5.29. The Kier molecular flexibility index (Phi) is 2.67. The van der Waals surface area contributed by atoms with Crippen LogP contribution in [0.15, 0.2) is 0 Å². The van der Waals surface area contributed by atoms with Gasteiger partial charge >= 0.3 is 44.4 Å². The van der Waals surface area contributed by atoms with Gasteiger partial charge in [-0.3, -0.25) is 0 Å². The van der Waals surface area contributed by atoms with Crippen molar-refractivity contribution in [2.45, 2.75) is 6.92 Å². The van der Waals surface area contributed by atoms with Crippen LogP contribution in [0.4, 0.5) is 0 Å². The Bertz CT molecular complexity index is 44.9. The first-order chi connectivity index (χ1) is 2.27. The van der Waals surface area contributed by atoms with Crippen LogP contribution >= 0.6 is 0 Å². The van der Waals surface area contributed by atoms with Crippen molar-refractivity contribution < 1.29 is 4.79 Å².